The lowest BCUT2D eigenvalue weighted by atomic mass is 10.1. The van der Waals surface area contributed by atoms with Crippen LogP contribution in [0.1, 0.15) is 47.0 Å². The molecule has 0 amide bonds. The normalized spacial score (nSPS) is 19.6. The van der Waals surface area contributed by atoms with Gasteiger partial charge in [-0.05, 0) is 11.1 Å². The zero-order valence-electron chi connectivity index (χ0n) is 14.6. The molecule has 2 atom stereocenters. The number of carbonyl (C=O) groups is 2. The maximum absolute atomic E-state index is 11.5. The van der Waals surface area contributed by atoms with Crippen LogP contribution < -0.4 is 0 Å². The van der Waals surface area contributed by atoms with E-state index in [0.29, 0.717) is 0 Å². The van der Waals surface area contributed by atoms with Crippen molar-refractivity contribution in [1.29, 1.82) is 0 Å². The maximum atomic E-state index is 11.5. The molecule has 6 heteroatoms. The summed E-state index contributed by atoms with van der Waals surface area (Å²) in [6.07, 6.45) is 0. The van der Waals surface area contributed by atoms with Gasteiger partial charge < -0.3 is 9.47 Å². The highest BCUT2D eigenvalue weighted by atomic mass is 32.2. The molecule has 136 valence electrons. The minimum Gasteiger partial charge on any atom is -0.446 e. The Morgan fingerprint density at radius 1 is 0.731 bits per heavy atom. The second-order valence-corrected chi connectivity index (χ2v) is 8.09. The topological polar surface area (TPSA) is 52.6 Å². The fourth-order valence-corrected chi connectivity index (χ4v) is 4.76. The van der Waals surface area contributed by atoms with Gasteiger partial charge in [0.15, 0.2) is 10.9 Å². The van der Waals surface area contributed by atoms with Crippen LogP contribution in [0, 0.1) is 0 Å². The molecule has 4 bridgehead atoms. The zero-order valence-corrected chi connectivity index (χ0v) is 16.3. The first-order valence-electron chi connectivity index (χ1n) is 8.26. The summed E-state index contributed by atoms with van der Waals surface area (Å²) in [4.78, 5) is 23.0. The Kier molecular flexibility index (Phi) is 6.27. The third kappa shape index (κ3) is 5.05. The quantitative estimate of drug-likeness (QED) is 0.676. The molecule has 4 heterocycles. The summed E-state index contributed by atoms with van der Waals surface area (Å²) in [7, 11) is 0. The summed E-state index contributed by atoms with van der Waals surface area (Å²) in [5, 5.41) is 0. The van der Waals surface area contributed by atoms with E-state index >= 15 is 0 Å². The van der Waals surface area contributed by atoms with Crippen LogP contribution >= 0.6 is 23.5 Å². The van der Waals surface area contributed by atoms with Crippen LogP contribution in [0.3, 0.4) is 0 Å². The predicted molar refractivity (Wildman–Crippen MR) is 104 cm³/mol. The molecule has 4 nitrogen and oxygen atoms in total. The third-order valence-electron chi connectivity index (χ3n) is 3.85. The minimum absolute atomic E-state index is 0.309. The van der Waals surface area contributed by atoms with Gasteiger partial charge in [-0.25, -0.2) is 0 Å². The summed E-state index contributed by atoms with van der Waals surface area (Å²) < 4.78 is 11.0. The van der Waals surface area contributed by atoms with Gasteiger partial charge in [0.2, 0.25) is 0 Å². The van der Waals surface area contributed by atoms with E-state index in [9.17, 15) is 9.59 Å². The Morgan fingerprint density at radius 3 is 1.38 bits per heavy atom. The Hall–Kier alpha value is -1.92. The van der Waals surface area contributed by atoms with E-state index in [1.807, 2.05) is 24.3 Å². The Morgan fingerprint density at radius 2 is 1.08 bits per heavy atom. The van der Waals surface area contributed by atoms with Gasteiger partial charge >= 0.3 is 11.9 Å². The van der Waals surface area contributed by atoms with E-state index in [-0.39, 0.29) is 22.8 Å². The van der Waals surface area contributed by atoms with Gasteiger partial charge in [-0.1, -0.05) is 48.5 Å². The monoisotopic (exact) mass is 388 g/mol. The number of carbonyl (C=O) groups excluding carboxylic acids is 2. The van der Waals surface area contributed by atoms with Crippen molar-refractivity contribution < 1.29 is 19.1 Å². The number of benzene rings is 2. The summed E-state index contributed by atoms with van der Waals surface area (Å²) in [6, 6.07) is 16.1. The van der Waals surface area contributed by atoms with Crippen molar-refractivity contribution in [2.24, 2.45) is 0 Å². The number of hydrogen-bond acceptors (Lipinski definition) is 6. The molecule has 26 heavy (non-hydrogen) atoms. The smallest absolute Gasteiger partial charge is 0.304 e. The van der Waals surface area contributed by atoms with Crippen LogP contribution in [0.5, 0.6) is 0 Å². The van der Waals surface area contributed by atoms with Gasteiger partial charge in [0.05, 0.1) is 0 Å². The van der Waals surface area contributed by atoms with Gasteiger partial charge in [0.1, 0.15) is 0 Å². The molecule has 2 unspecified atom stereocenters. The van der Waals surface area contributed by atoms with Gasteiger partial charge in [-0.3, -0.25) is 9.59 Å². The van der Waals surface area contributed by atoms with E-state index in [0.717, 1.165) is 22.6 Å². The molecule has 0 N–H and O–H groups in total. The van der Waals surface area contributed by atoms with E-state index < -0.39 is 0 Å². The first-order chi connectivity index (χ1) is 12.5. The number of hydrogen-bond donors (Lipinski definition) is 0. The highest BCUT2D eigenvalue weighted by Crippen LogP contribution is 2.37. The Bertz CT molecular complexity index is 705. The summed E-state index contributed by atoms with van der Waals surface area (Å²) in [5.41, 5.74) is 3.42. The average Bonchev–Trinajstić information content (AvgIpc) is 2.62. The van der Waals surface area contributed by atoms with Gasteiger partial charge in [-0.15, -0.1) is 23.5 Å². The van der Waals surface area contributed by atoms with E-state index in [4.69, 9.17) is 9.47 Å². The highest BCUT2D eigenvalue weighted by Gasteiger charge is 2.20. The van der Waals surface area contributed by atoms with Crippen LogP contribution in [0.15, 0.2) is 48.5 Å². The molecule has 0 saturated carbocycles. The molecule has 4 aliphatic rings. The van der Waals surface area contributed by atoms with Crippen LogP contribution in [0.2, 0.25) is 0 Å². The van der Waals surface area contributed by atoms with Crippen molar-refractivity contribution in [1.82, 2.24) is 0 Å². The number of rotatable bonds is 2. The van der Waals surface area contributed by atoms with Crippen molar-refractivity contribution in [2.45, 2.75) is 36.2 Å². The second-order valence-electron chi connectivity index (χ2n) is 5.99. The first kappa shape index (κ1) is 18.9. The largest absolute Gasteiger partial charge is 0.446 e. The van der Waals surface area contributed by atoms with Crippen LogP contribution in [0.4, 0.5) is 0 Å². The fourth-order valence-electron chi connectivity index (χ4n) is 2.58. The van der Waals surface area contributed by atoms with E-state index in [2.05, 4.69) is 24.3 Å². The first-order valence-corrected chi connectivity index (χ1v) is 10.4. The molecule has 0 fully saturated rings. The molecule has 2 aromatic carbocycles. The highest BCUT2D eigenvalue weighted by molar-refractivity contribution is 7.98. The SMILES string of the molecule is CC(=O)OC1SCc2ccc(cc2)CSC(OC(C)=O)c2ccc1cc2. The van der Waals surface area contributed by atoms with Crippen LogP contribution in [0.25, 0.3) is 0 Å². The molecule has 4 aliphatic heterocycles. The molecule has 0 saturated heterocycles. The Labute approximate surface area is 161 Å². The molecule has 2 aromatic rings. The molecule has 0 aromatic heterocycles. The van der Waals surface area contributed by atoms with Crippen molar-refractivity contribution in [3.63, 3.8) is 0 Å². The predicted octanol–water partition coefficient (Wildman–Crippen LogP) is 4.99. The van der Waals surface area contributed by atoms with E-state index in [1.54, 1.807) is 23.5 Å². The van der Waals surface area contributed by atoms with Crippen molar-refractivity contribution >= 4 is 35.5 Å². The molecule has 0 radical (unpaired) electrons. The Balaban J connectivity index is 1.94. The van der Waals surface area contributed by atoms with Gasteiger partial charge in [-0.2, -0.15) is 0 Å². The standard InChI is InChI=1S/C20H20O4S2/c1-13(21)23-19-17-7-9-18(10-8-17)20(24-14(2)22)26-12-16-5-3-15(4-6-16)11-25-19/h3-10,19-20H,11-12H2,1-2H3. The molecular weight excluding hydrogens is 368 g/mol. The number of thioether (sulfide) groups is 2. The lowest BCUT2D eigenvalue weighted by molar-refractivity contribution is -0.143. The van der Waals surface area contributed by atoms with Crippen molar-refractivity contribution in [2.75, 3.05) is 0 Å². The average molecular weight is 389 g/mol. The second kappa shape index (κ2) is 8.64. The number of esters is 2. The molecular formula is C20H20O4S2. The number of ether oxygens (including phenoxy) is 2. The summed E-state index contributed by atoms with van der Waals surface area (Å²) in [6.45, 7) is 2.84. The molecule has 0 aliphatic carbocycles. The van der Waals surface area contributed by atoms with Crippen molar-refractivity contribution in [3.05, 3.63) is 70.8 Å². The lowest BCUT2D eigenvalue weighted by Crippen LogP contribution is -2.08. The summed E-state index contributed by atoms with van der Waals surface area (Å²) in [5.74, 6) is 0.889. The molecule has 0 spiro atoms. The van der Waals surface area contributed by atoms with Crippen LogP contribution in [-0.2, 0) is 30.6 Å². The minimum atomic E-state index is -0.371. The summed E-state index contributed by atoms with van der Waals surface area (Å²) >= 11 is 3.14. The molecule has 6 rings (SSSR count). The van der Waals surface area contributed by atoms with E-state index in [1.165, 1.54) is 25.0 Å². The van der Waals surface area contributed by atoms with Gasteiger partial charge in [0, 0.05) is 36.5 Å². The van der Waals surface area contributed by atoms with Gasteiger partial charge in [0.25, 0.3) is 0 Å². The fraction of sp³-hybridized carbons (Fsp3) is 0.300. The maximum Gasteiger partial charge on any atom is 0.304 e. The lowest BCUT2D eigenvalue weighted by Gasteiger charge is -2.21. The third-order valence-corrected chi connectivity index (χ3v) is 6.19. The zero-order chi connectivity index (χ0) is 18.5. The van der Waals surface area contributed by atoms with Crippen LogP contribution in [-0.4, -0.2) is 11.9 Å². The van der Waals surface area contributed by atoms with Crippen molar-refractivity contribution in [3.8, 4) is 0 Å².